The molecule has 0 saturated heterocycles. The predicted molar refractivity (Wildman–Crippen MR) is 72.5 cm³/mol. The summed E-state index contributed by atoms with van der Waals surface area (Å²) >= 11 is 7.46. The smallest absolute Gasteiger partial charge is 0.150 e. The van der Waals surface area contributed by atoms with Crippen molar-refractivity contribution in [3.63, 3.8) is 0 Å². The van der Waals surface area contributed by atoms with Crippen molar-refractivity contribution in [1.29, 1.82) is 0 Å². The molecule has 1 heterocycles. The molecule has 0 saturated carbocycles. The lowest BCUT2D eigenvalue weighted by Gasteiger charge is -2.15. The van der Waals surface area contributed by atoms with Gasteiger partial charge in [-0.15, -0.1) is 11.3 Å². The first-order chi connectivity index (χ1) is 8.47. The minimum absolute atomic E-state index is 0.0487. The molecular formula is C13H12ClF2NS. The molecule has 0 spiro atoms. The zero-order valence-corrected chi connectivity index (χ0v) is 11.5. The third kappa shape index (κ3) is 2.82. The van der Waals surface area contributed by atoms with Crippen LogP contribution in [0.25, 0.3) is 0 Å². The van der Waals surface area contributed by atoms with Crippen molar-refractivity contribution in [1.82, 2.24) is 0 Å². The van der Waals surface area contributed by atoms with Gasteiger partial charge in [0.15, 0.2) is 5.82 Å². The Hall–Kier alpha value is -1.13. The molecule has 1 unspecified atom stereocenters. The summed E-state index contributed by atoms with van der Waals surface area (Å²) in [5.74, 6) is -1.36. The van der Waals surface area contributed by atoms with E-state index in [1.165, 1.54) is 4.88 Å². The molecule has 0 bridgehead atoms. The van der Waals surface area contributed by atoms with Crippen molar-refractivity contribution in [3.05, 3.63) is 50.7 Å². The minimum atomic E-state index is -0.680. The first kappa shape index (κ1) is 13.3. The minimum Gasteiger partial charge on any atom is -0.374 e. The van der Waals surface area contributed by atoms with Gasteiger partial charge in [0.1, 0.15) is 5.82 Å². The van der Waals surface area contributed by atoms with E-state index in [0.717, 1.165) is 17.0 Å². The fourth-order valence-corrected chi connectivity index (χ4v) is 2.78. The highest BCUT2D eigenvalue weighted by Crippen LogP contribution is 2.31. The van der Waals surface area contributed by atoms with Gasteiger partial charge in [-0.1, -0.05) is 11.6 Å². The summed E-state index contributed by atoms with van der Waals surface area (Å²) in [4.78, 5) is 2.26. The maximum atomic E-state index is 13.6. The van der Waals surface area contributed by atoms with Gasteiger partial charge in [-0.2, -0.15) is 0 Å². The van der Waals surface area contributed by atoms with E-state index in [1.807, 2.05) is 26.0 Å². The quantitative estimate of drug-likeness (QED) is 0.822. The molecule has 1 atom stereocenters. The van der Waals surface area contributed by atoms with Crippen LogP contribution in [0.3, 0.4) is 0 Å². The molecule has 0 aliphatic heterocycles. The van der Waals surface area contributed by atoms with Crippen LogP contribution in [0.2, 0.25) is 5.02 Å². The van der Waals surface area contributed by atoms with Gasteiger partial charge in [0, 0.05) is 15.8 Å². The number of anilines is 1. The molecule has 1 nitrogen and oxygen atoms in total. The van der Waals surface area contributed by atoms with Gasteiger partial charge in [0.2, 0.25) is 0 Å². The van der Waals surface area contributed by atoms with Crippen molar-refractivity contribution in [2.75, 3.05) is 5.32 Å². The molecular weight excluding hydrogens is 276 g/mol. The number of rotatable bonds is 3. The van der Waals surface area contributed by atoms with Crippen LogP contribution in [0.1, 0.15) is 22.7 Å². The zero-order chi connectivity index (χ0) is 13.3. The lowest BCUT2D eigenvalue weighted by Crippen LogP contribution is -2.07. The summed E-state index contributed by atoms with van der Waals surface area (Å²) in [6.45, 7) is 3.91. The van der Waals surface area contributed by atoms with Crippen molar-refractivity contribution in [2.45, 2.75) is 19.9 Å². The SMILES string of the molecule is Cc1ccc(C(C)Nc2c(F)cc(F)cc2Cl)s1. The summed E-state index contributed by atoms with van der Waals surface area (Å²) in [5, 5.41) is 3.02. The van der Waals surface area contributed by atoms with Crippen molar-refractivity contribution >= 4 is 28.6 Å². The monoisotopic (exact) mass is 287 g/mol. The largest absolute Gasteiger partial charge is 0.374 e. The molecule has 0 aliphatic carbocycles. The fraction of sp³-hybridized carbons (Fsp3) is 0.231. The van der Waals surface area contributed by atoms with Crippen LogP contribution in [-0.4, -0.2) is 0 Å². The number of hydrogen-bond acceptors (Lipinski definition) is 2. The fourth-order valence-electron chi connectivity index (χ4n) is 1.65. The number of benzene rings is 1. The Morgan fingerprint density at radius 3 is 2.56 bits per heavy atom. The van der Waals surface area contributed by atoms with Crippen molar-refractivity contribution < 1.29 is 8.78 Å². The highest BCUT2D eigenvalue weighted by molar-refractivity contribution is 7.12. The number of nitrogens with one attached hydrogen (secondary N) is 1. The second-order valence-electron chi connectivity index (χ2n) is 4.06. The Kier molecular flexibility index (Phi) is 3.88. The molecule has 0 aliphatic rings. The standard InChI is InChI=1S/C13H12ClF2NS/c1-7-3-4-12(18-7)8(2)17-13-10(14)5-9(15)6-11(13)16/h3-6,8,17H,1-2H3. The van der Waals surface area contributed by atoms with Gasteiger partial charge in [0.05, 0.1) is 16.8 Å². The summed E-state index contributed by atoms with van der Waals surface area (Å²) in [5.41, 5.74) is 0.136. The molecule has 96 valence electrons. The van der Waals surface area contributed by atoms with E-state index in [4.69, 9.17) is 11.6 Å². The summed E-state index contributed by atoms with van der Waals surface area (Å²) in [7, 11) is 0. The second-order valence-corrected chi connectivity index (χ2v) is 5.79. The molecule has 0 amide bonds. The van der Waals surface area contributed by atoms with Crippen LogP contribution in [0.4, 0.5) is 14.5 Å². The van der Waals surface area contributed by atoms with E-state index in [9.17, 15) is 8.78 Å². The number of hydrogen-bond donors (Lipinski definition) is 1. The van der Waals surface area contributed by atoms with E-state index in [0.29, 0.717) is 0 Å². The van der Waals surface area contributed by atoms with Gasteiger partial charge in [-0.3, -0.25) is 0 Å². The normalized spacial score (nSPS) is 12.5. The second kappa shape index (κ2) is 5.24. The van der Waals surface area contributed by atoms with Crippen molar-refractivity contribution in [3.8, 4) is 0 Å². The number of halogens is 3. The molecule has 1 aromatic carbocycles. The molecule has 0 fully saturated rings. The first-order valence-corrected chi connectivity index (χ1v) is 6.64. The van der Waals surface area contributed by atoms with Gasteiger partial charge in [-0.05, 0) is 32.0 Å². The van der Waals surface area contributed by atoms with E-state index in [1.54, 1.807) is 11.3 Å². The maximum absolute atomic E-state index is 13.6. The number of thiophene rings is 1. The average molecular weight is 288 g/mol. The zero-order valence-electron chi connectivity index (χ0n) is 9.93. The molecule has 2 rings (SSSR count). The van der Waals surface area contributed by atoms with Crippen LogP contribution in [0.15, 0.2) is 24.3 Å². The molecule has 1 N–H and O–H groups in total. The molecule has 1 aromatic heterocycles. The van der Waals surface area contributed by atoms with E-state index >= 15 is 0 Å². The topological polar surface area (TPSA) is 12.0 Å². The predicted octanol–water partition coefficient (Wildman–Crippen LogP) is 5.16. The highest BCUT2D eigenvalue weighted by Gasteiger charge is 2.14. The summed E-state index contributed by atoms with van der Waals surface area (Å²) < 4.78 is 26.5. The summed E-state index contributed by atoms with van der Waals surface area (Å²) in [6, 6.07) is 5.81. The van der Waals surface area contributed by atoms with Crippen molar-refractivity contribution in [2.24, 2.45) is 0 Å². The Labute approximate surface area is 113 Å². The van der Waals surface area contributed by atoms with Crippen LogP contribution in [-0.2, 0) is 0 Å². The van der Waals surface area contributed by atoms with Crippen LogP contribution in [0.5, 0.6) is 0 Å². The van der Waals surface area contributed by atoms with Gasteiger partial charge >= 0.3 is 0 Å². The first-order valence-electron chi connectivity index (χ1n) is 5.45. The lowest BCUT2D eigenvalue weighted by molar-refractivity contribution is 0.584. The van der Waals surface area contributed by atoms with Gasteiger partial charge in [-0.25, -0.2) is 8.78 Å². The molecule has 18 heavy (non-hydrogen) atoms. The van der Waals surface area contributed by atoms with Crippen LogP contribution in [0, 0.1) is 18.6 Å². The Morgan fingerprint density at radius 2 is 2.00 bits per heavy atom. The van der Waals surface area contributed by atoms with Crippen LogP contribution >= 0.6 is 22.9 Å². The Morgan fingerprint density at radius 1 is 1.28 bits per heavy atom. The lowest BCUT2D eigenvalue weighted by atomic mass is 10.2. The molecule has 2 aromatic rings. The van der Waals surface area contributed by atoms with Gasteiger partial charge < -0.3 is 5.32 Å². The van der Waals surface area contributed by atoms with E-state index < -0.39 is 11.6 Å². The number of aryl methyl sites for hydroxylation is 1. The van der Waals surface area contributed by atoms with Gasteiger partial charge in [0.25, 0.3) is 0 Å². The Bertz CT molecular complexity index is 545. The maximum Gasteiger partial charge on any atom is 0.150 e. The highest BCUT2D eigenvalue weighted by atomic mass is 35.5. The van der Waals surface area contributed by atoms with E-state index in [-0.39, 0.29) is 16.8 Å². The Balaban J connectivity index is 2.24. The molecule has 5 heteroatoms. The van der Waals surface area contributed by atoms with Crippen LogP contribution < -0.4 is 5.32 Å². The van der Waals surface area contributed by atoms with E-state index in [2.05, 4.69) is 5.32 Å². The molecule has 0 radical (unpaired) electrons. The summed E-state index contributed by atoms with van der Waals surface area (Å²) in [6.07, 6.45) is 0. The third-order valence-corrected chi connectivity index (χ3v) is 4.04. The average Bonchev–Trinajstić information content (AvgIpc) is 2.70. The third-order valence-electron chi connectivity index (χ3n) is 2.56.